The van der Waals surface area contributed by atoms with Crippen LogP contribution in [0, 0.1) is 0 Å². The number of hydrogen-bond acceptors (Lipinski definition) is 5. The summed E-state index contributed by atoms with van der Waals surface area (Å²) in [5, 5.41) is 4.60. The molecule has 0 spiro atoms. The van der Waals surface area contributed by atoms with Crippen molar-refractivity contribution in [2.75, 3.05) is 26.6 Å². The molecule has 0 aliphatic rings. The van der Waals surface area contributed by atoms with Gasteiger partial charge < -0.3 is 19.9 Å². The summed E-state index contributed by atoms with van der Waals surface area (Å²) in [7, 11) is 0. The Morgan fingerprint density at radius 3 is 1.87 bits per heavy atom. The van der Waals surface area contributed by atoms with Crippen LogP contribution in [0.3, 0.4) is 0 Å². The second-order valence-electron chi connectivity index (χ2n) is 6.72. The first-order valence-corrected chi connectivity index (χ1v) is 10.9. The molecule has 0 amide bonds. The van der Waals surface area contributed by atoms with Crippen LogP contribution >= 0.6 is 11.8 Å². The molecule has 4 rings (SSSR count). The molecule has 0 radical (unpaired) electrons. The maximum Gasteiger partial charge on any atom is 0.189 e. The number of rotatable bonds is 9. The largest absolute Gasteiger partial charge is 0.491 e. The first-order valence-electron chi connectivity index (χ1n) is 10.1. The molecule has 4 nitrogen and oxygen atoms in total. The van der Waals surface area contributed by atoms with Crippen LogP contribution in [0.2, 0.25) is 0 Å². The fourth-order valence-corrected chi connectivity index (χ4v) is 4.59. The molecule has 0 heterocycles. The van der Waals surface area contributed by atoms with E-state index in [0.29, 0.717) is 19.8 Å². The van der Waals surface area contributed by atoms with Gasteiger partial charge in [-0.25, -0.2) is 0 Å². The van der Waals surface area contributed by atoms with Gasteiger partial charge in [-0.1, -0.05) is 72.4 Å². The number of benzene rings is 4. The molecule has 30 heavy (non-hydrogen) atoms. The number of ether oxygens (including phenoxy) is 3. The minimum Gasteiger partial charge on any atom is -0.491 e. The fourth-order valence-electron chi connectivity index (χ4n) is 3.34. The van der Waals surface area contributed by atoms with E-state index in [4.69, 9.17) is 19.9 Å². The van der Waals surface area contributed by atoms with E-state index in [9.17, 15) is 0 Å². The van der Waals surface area contributed by atoms with Gasteiger partial charge in [0, 0.05) is 13.2 Å². The predicted molar refractivity (Wildman–Crippen MR) is 124 cm³/mol. The molecule has 0 aliphatic heterocycles. The van der Waals surface area contributed by atoms with E-state index >= 15 is 0 Å². The second-order valence-corrected chi connectivity index (χ2v) is 7.74. The van der Waals surface area contributed by atoms with E-state index in [1.807, 2.05) is 37.3 Å². The molecule has 4 aromatic rings. The highest BCUT2D eigenvalue weighted by Gasteiger charge is 2.16. The highest BCUT2D eigenvalue weighted by atomic mass is 32.2. The van der Waals surface area contributed by atoms with Crippen molar-refractivity contribution in [3.05, 3.63) is 72.8 Å². The van der Waals surface area contributed by atoms with E-state index in [1.54, 1.807) is 11.8 Å². The van der Waals surface area contributed by atoms with Gasteiger partial charge in [0.1, 0.15) is 18.1 Å². The van der Waals surface area contributed by atoms with Crippen LogP contribution in [0.4, 0.5) is 0 Å². The zero-order valence-electron chi connectivity index (χ0n) is 17.0. The smallest absolute Gasteiger partial charge is 0.189 e. The molecule has 154 valence electrons. The van der Waals surface area contributed by atoms with Crippen molar-refractivity contribution in [2.45, 2.75) is 16.7 Å². The summed E-state index contributed by atoms with van der Waals surface area (Å²) in [6, 6.07) is 24.9. The summed E-state index contributed by atoms with van der Waals surface area (Å²) >= 11 is 1.66. The summed E-state index contributed by atoms with van der Waals surface area (Å²) in [5.74, 6) is 1.62. The Morgan fingerprint density at radius 1 is 0.733 bits per heavy atom. The monoisotopic (exact) mass is 419 g/mol. The molecule has 0 aromatic heterocycles. The Labute approximate surface area is 180 Å². The summed E-state index contributed by atoms with van der Waals surface area (Å²) in [5.41, 5.74) is 5.69. The zero-order valence-corrected chi connectivity index (χ0v) is 17.8. The Morgan fingerprint density at radius 2 is 1.30 bits per heavy atom. The van der Waals surface area contributed by atoms with E-state index in [-0.39, 0.29) is 6.79 Å². The average Bonchev–Trinajstić information content (AvgIpc) is 2.79. The van der Waals surface area contributed by atoms with Crippen LogP contribution in [0.5, 0.6) is 11.5 Å². The van der Waals surface area contributed by atoms with Crippen LogP contribution in [-0.2, 0) is 4.74 Å². The van der Waals surface area contributed by atoms with Crippen LogP contribution < -0.4 is 15.2 Å². The first-order chi connectivity index (χ1) is 14.8. The molecule has 0 saturated heterocycles. The lowest BCUT2D eigenvalue weighted by Gasteiger charge is -2.17. The van der Waals surface area contributed by atoms with Gasteiger partial charge in [0.15, 0.2) is 6.79 Å². The van der Waals surface area contributed by atoms with E-state index in [1.165, 1.54) is 0 Å². The van der Waals surface area contributed by atoms with Gasteiger partial charge in [-0.15, -0.1) is 0 Å². The predicted octanol–water partition coefficient (Wildman–Crippen LogP) is 5.85. The average molecular weight is 420 g/mol. The normalized spacial score (nSPS) is 11.1. The third-order valence-corrected chi connectivity index (χ3v) is 6.02. The zero-order chi connectivity index (χ0) is 20.8. The van der Waals surface area contributed by atoms with Crippen molar-refractivity contribution in [1.29, 1.82) is 0 Å². The van der Waals surface area contributed by atoms with Crippen molar-refractivity contribution >= 4 is 33.3 Å². The summed E-state index contributed by atoms with van der Waals surface area (Å²) in [6.07, 6.45) is 0. The molecule has 0 fully saturated rings. The molecular formula is C25H25NO3S. The van der Waals surface area contributed by atoms with Gasteiger partial charge in [0.2, 0.25) is 0 Å². The van der Waals surface area contributed by atoms with Crippen LogP contribution in [0.25, 0.3) is 21.5 Å². The molecule has 2 N–H and O–H groups in total. The third-order valence-electron chi connectivity index (χ3n) is 4.77. The lowest BCUT2D eigenvalue weighted by atomic mass is 10.1. The van der Waals surface area contributed by atoms with E-state index in [0.717, 1.165) is 42.8 Å². The van der Waals surface area contributed by atoms with Crippen LogP contribution in [-0.4, -0.2) is 26.6 Å². The van der Waals surface area contributed by atoms with Gasteiger partial charge in [-0.05, 0) is 40.6 Å². The minimum absolute atomic E-state index is 0.217. The van der Waals surface area contributed by atoms with Crippen LogP contribution in [0.15, 0.2) is 82.6 Å². The highest BCUT2D eigenvalue weighted by Crippen LogP contribution is 2.46. The molecule has 0 bridgehead atoms. The quantitative estimate of drug-likeness (QED) is 0.272. The van der Waals surface area contributed by atoms with Gasteiger partial charge >= 0.3 is 0 Å². The van der Waals surface area contributed by atoms with Gasteiger partial charge in [0.25, 0.3) is 0 Å². The van der Waals surface area contributed by atoms with E-state index < -0.39 is 0 Å². The Balaban J connectivity index is 1.85. The second kappa shape index (κ2) is 9.85. The molecule has 0 atom stereocenters. The van der Waals surface area contributed by atoms with Crippen molar-refractivity contribution < 1.29 is 14.2 Å². The topological polar surface area (TPSA) is 53.7 Å². The van der Waals surface area contributed by atoms with Crippen molar-refractivity contribution in [3.8, 4) is 11.5 Å². The molecule has 5 heteroatoms. The van der Waals surface area contributed by atoms with Crippen LogP contribution in [0.1, 0.15) is 6.92 Å². The first kappa shape index (κ1) is 20.5. The highest BCUT2D eigenvalue weighted by molar-refractivity contribution is 8.00. The van der Waals surface area contributed by atoms with Gasteiger partial charge in [-0.2, -0.15) is 0 Å². The Kier molecular flexibility index (Phi) is 6.74. The lowest BCUT2D eigenvalue weighted by molar-refractivity contribution is 0.0209. The Bertz CT molecular complexity index is 1150. The van der Waals surface area contributed by atoms with Crippen molar-refractivity contribution in [3.63, 3.8) is 0 Å². The van der Waals surface area contributed by atoms with Crippen molar-refractivity contribution in [1.82, 2.24) is 0 Å². The number of hydrogen-bond donors (Lipinski definition) is 1. The van der Waals surface area contributed by atoms with E-state index in [2.05, 4.69) is 42.5 Å². The van der Waals surface area contributed by atoms with Gasteiger partial charge in [-0.3, -0.25) is 0 Å². The third kappa shape index (κ3) is 4.38. The molecule has 0 saturated carbocycles. The lowest BCUT2D eigenvalue weighted by Crippen LogP contribution is -2.11. The Hall–Kier alpha value is -2.73. The maximum absolute atomic E-state index is 6.01. The molecule has 0 unspecified atom stereocenters. The van der Waals surface area contributed by atoms with Gasteiger partial charge in [0.05, 0.1) is 9.79 Å². The van der Waals surface area contributed by atoms with Crippen molar-refractivity contribution in [2.24, 2.45) is 5.73 Å². The number of fused-ring (bicyclic) bond motifs is 2. The summed E-state index contributed by atoms with van der Waals surface area (Å²) < 4.78 is 17.4. The minimum atomic E-state index is 0.217. The SMILES string of the molecule is CCOCOc1ccc2ccccc2c1Sc1c(OCCN)ccc2ccccc12. The molecule has 0 aliphatic carbocycles. The molecular weight excluding hydrogens is 394 g/mol. The molecule has 4 aromatic carbocycles. The maximum atomic E-state index is 6.01. The standard InChI is InChI=1S/C25H25NO3S/c1-2-27-17-29-23-14-12-19-8-4-6-10-21(19)25(23)30-24-20-9-5-3-7-18(20)11-13-22(24)28-16-15-26/h3-14H,2,15-17,26H2,1H3. The number of nitrogens with two attached hydrogens (primary N) is 1. The summed E-state index contributed by atoms with van der Waals surface area (Å²) in [4.78, 5) is 2.10. The fraction of sp³-hybridized carbons (Fsp3) is 0.200. The summed E-state index contributed by atoms with van der Waals surface area (Å²) in [6.45, 7) is 3.71.